The Morgan fingerprint density at radius 3 is 2.17 bits per heavy atom. The fourth-order valence-electron chi connectivity index (χ4n) is 1.74. The molecule has 0 fully saturated rings. The molecular weight excluding hydrogens is 355 g/mol. The highest BCUT2D eigenvalue weighted by molar-refractivity contribution is 7.48. The molecule has 0 aliphatic heterocycles. The van der Waals surface area contributed by atoms with Gasteiger partial charge in [-0.1, -0.05) is 11.6 Å². The minimum absolute atomic E-state index is 0.0376. The topological polar surface area (TPSA) is 71.1 Å². The van der Waals surface area contributed by atoms with Crippen molar-refractivity contribution in [2.24, 2.45) is 0 Å². The van der Waals surface area contributed by atoms with E-state index in [0.717, 1.165) is 0 Å². The van der Waals surface area contributed by atoms with Crippen LogP contribution in [0.15, 0.2) is 30.3 Å². The van der Waals surface area contributed by atoms with Crippen molar-refractivity contribution in [3.8, 4) is 0 Å². The van der Waals surface area contributed by atoms with Crippen LogP contribution in [0.4, 0.5) is 0 Å². The molecule has 0 aliphatic rings. The summed E-state index contributed by atoms with van der Waals surface area (Å²) in [4.78, 5) is 11.6. The van der Waals surface area contributed by atoms with E-state index in [-0.39, 0.29) is 32.0 Å². The number of hydrogen-bond acceptors (Lipinski definition) is 6. The molecule has 0 aromatic heterocycles. The fraction of sp³-hybridized carbons (Fsp3) is 0.438. The average molecular weight is 377 g/mol. The summed E-state index contributed by atoms with van der Waals surface area (Å²) in [6.45, 7) is 5.67. The summed E-state index contributed by atoms with van der Waals surface area (Å²) >= 11 is 5.88. The third-order valence-electron chi connectivity index (χ3n) is 2.67. The lowest BCUT2D eigenvalue weighted by Crippen LogP contribution is -2.04. The molecule has 134 valence electrons. The van der Waals surface area contributed by atoms with Crippen LogP contribution in [0.5, 0.6) is 0 Å². The lowest BCUT2D eigenvalue weighted by atomic mass is 10.1. The Morgan fingerprint density at radius 1 is 1.08 bits per heavy atom. The molecule has 0 N–H and O–H groups in total. The van der Waals surface area contributed by atoms with Crippen LogP contribution in [0.25, 0.3) is 5.76 Å². The van der Waals surface area contributed by atoms with Gasteiger partial charge in [0.25, 0.3) is 0 Å². The van der Waals surface area contributed by atoms with Gasteiger partial charge in [0.1, 0.15) is 5.76 Å². The highest BCUT2D eigenvalue weighted by atomic mass is 35.5. The van der Waals surface area contributed by atoms with Crippen molar-refractivity contribution >= 4 is 31.2 Å². The quantitative estimate of drug-likeness (QED) is 0.331. The summed E-state index contributed by atoms with van der Waals surface area (Å²) in [7, 11) is -3.78. The van der Waals surface area contributed by atoms with Crippen LogP contribution < -0.4 is 0 Å². The van der Waals surface area contributed by atoms with E-state index in [1.54, 1.807) is 45.0 Å². The molecule has 0 saturated carbocycles. The second-order valence-electron chi connectivity index (χ2n) is 4.46. The van der Waals surface area contributed by atoms with E-state index in [0.29, 0.717) is 10.6 Å². The van der Waals surface area contributed by atoms with E-state index in [9.17, 15) is 9.36 Å². The molecule has 8 heteroatoms. The van der Waals surface area contributed by atoms with Gasteiger partial charge in [-0.15, -0.1) is 0 Å². The number of halogens is 1. The smallest absolute Gasteiger partial charge is 0.466 e. The molecule has 1 aromatic rings. The Kier molecular flexibility index (Phi) is 9.08. The van der Waals surface area contributed by atoms with E-state index in [4.69, 9.17) is 29.9 Å². The second kappa shape index (κ2) is 10.5. The highest BCUT2D eigenvalue weighted by Crippen LogP contribution is 2.52. The first-order valence-electron chi connectivity index (χ1n) is 7.64. The highest BCUT2D eigenvalue weighted by Gasteiger charge is 2.29. The van der Waals surface area contributed by atoms with Gasteiger partial charge in [-0.3, -0.25) is 13.8 Å². The largest absolute Gasteiger partial charge is 0.530 e. The molecule has 0 bridgehead atoms. The first-order chi connectivity index (χ1) is 11.4. The molecule has 0 spiro atoms. The zero-order valence-corrected chi connectivity index (χ0v) is 15.6. The van der Waals surface area contributed by atoms with Crippen LogP contribution in [0.2, 0.25) is 5.02 Å². The van der Waals surface area contributed by atoms with Gasteiger partial charge in [0.15, 0.2) is 0 Å². The average Bonchev–Trinajstić information content (AvgIpc) is 2.53. The number of hydrogen-bond donors (Lipinski definition) is 0. The first-order valence-corrected chi connectivity index (χ1v) is 9.48. The fourth-order valence-corrected chi connectivity index (χ4v) is 3.10. The van der Waals surface area contributed by atoms with Crippen molar-refractivity contribution < 1.29 is 27.7 Å². The molecule has 0 atom stereocenters. The van der Waals surface area contributed by atoms with E-state index < -0.39 is 13.8 Å². The van der Waals surface area contributed by atoms with Crippen molar-refractivity contribution in [1.29, 1.82) is 0 Å². The normalized spacial score (nSPS) is 12.1. The van der Waals surface area contributed by atoms with E-state index in [1.807, 2.05) is 0 Å². The van der Waals surface area contributed by atoms with Gasteiger partial charge in [-0.05, 0) is 51.1 Å². The van der Waals surface area contributed by atoms with Crippen molar-refractivity contribution in [3.63, 3.8) is 0 Å². The van der Waals surface area contributed by atoms with Crippen molar-refractivity contribution in [2.45, 2.75) is 27.2 Å². The Hall–Kier alpha value is -1.33. The Morgan fingerprint density at radius 2 is 1.67 bits per heavy atom. The molecule has 0 saturated heterocycles. The molecule has 0 heterocycles. The van der Waals surface area contributed by atoms with Crippen molar-refractivity contribution in [3.05, 3.63) is 40.9 Å². The van der Waals surface area contributed by atoms with Crippen LogP contribution in [0, 0.1) is 0 Å². The first kappa shape index (κ1) is 20.7. The molecule has 0 aliphatic carbocycles. The van der Waals surface area contributed by atoms with Crippen LogP contribution in [0.3, 0.4) is 0 Å². The summed E-state index contributed by atoms with van der Waals surface area (Å²) in [5, 5.41) is 0.543. The Bertz CT molecular complexity index is 589. The maximum Gasteiger partial charge on any atom is 0.530 e. The SMILES string of the molecule is CCOC(=O)C/C=C(\OP(=O)(OCC)OCC)c1ccc(Cl)cc1. The number of phosphoric acid groups is 1. The number of benzene rings is 1. The molecule has 24 heavy (non-hydrogen) atoms. The summed E-state index contributed by atoms with van der Waals surface area (Å²) in [6.07, 6.45) is 1.44. The predicted octanol–water partition coefficient (Wildman–Crippen LogP) is 4.83. The zero-order chi connectivity index (χ0) is 18.0. The van der Waals surface area contributed by atoms with Crippen LogP contribution in [-0.2, 0) is 27.7 Å². The van der Waals surface area contributed by atoms with Gasteiger partial charge < -0.3 is 9.26 Å². The summed E-state index contributed by atoms with van der Waals surface area (Å²) in [6, 6.07) is 6.68. The number of esters is 1. The van der Waals surface area contributed by atoms with Crippen molar-refractivity contribution in [1.82, 2.24) is 0 Å². The minimum Gasteiger partial charge on any atom is -0.466 e. The van der Waals surface area contributed by atoms with Gasteiger partial charge in [-0.25, -0.2) is 4.57 Å². The van der Waals surface area contributed by atoms with Crippen molar-refractivity contribution in [2.75, 3.05) is 19.8 Å². The Balaban J connectivity index is 3.07. The number of ether oxygens (including phenoxy) is 1. The maximum absolute atomic E-state index is 12.6. The standard InChI is InChI=1S/C16H22ClO6P/c1-4-20-16(18)12-11-15(13-7-9-14(17)10-8-13)23-24(19,21-5-2)22-6-3/h7-11H,4-6,12H2,1-3H3/b15-11-. The molecule has 1 aromatic carbocycles. The monoisotopic (exact) mass is 376 g/mol. The lowest BCUT2D eigenvalue weighted by Gasteiger charge is -2.19. The molecule has 0 radical (unpaired) electrons. The molecule has 1 rings (SSSR count). The van der Waals surface area contributed by atoms with E-state index >= 15 is 0 Å². The van der Waals surface area contributed by atoms with E-state index in [1.165, 1.54) is 6.08 Å². The van der Waals surface area contributed by atoms with Crippen LogP contribution in [-0.4, -0.2) is 25.8 Å². The second-order valence-corrected chi connectivity index (χ2v) is 6.49. The maximum atomic E-state index is 12.6. The molecular formula is C16H22ClO6P. The zero-order valence-electron chi connectivity index (χ0n) is 14.0. The number of carbonyl (C=O) groups is 1. The molecule has 0 unspecified atom stereocenters. The minimum atomic E-state index is -3.78. The van der Waals surface area contributed by atoms with Gasteiger partial charge in [0.2, 0.25) is 0 Å². The third kappa shape index (κ3) is 7.05. The van der Waals surface area contributed by atoms with E-state index in [2.05, 4.69) is 0 Å². The van der Waals surface area contributed by atoms with Crippen LogP contribution >= 0.6 is 19.4 Å². The van der Waals surface area contributed by atoms with Gasteiger partial charge in [-0.2, -0.15) is 0 Å². The lowest BCUT2D eigenvalue weighted by molar-refractivity contribution is -0.142. The third-order valence-corrected chi connectivity index (χ3v) is 4.49. The van der Waals surface area contributed by atoms with Gasteiger partial charge in [0, 0.05) is 10.6 Å². The van der Waals surface area contributed by atoms with Gasteiger partial charge in [0.05, 0.1) is 26.2 Å². The predicted molar refractivity (Wildman–Crippen MR) is 92.6 cm³/mol. The number of rotatable bonds is 10. The summed E-state index contributed by atoms with van der Waals surface area (Å²) in [5.74, 6) is -0.222. The Labute approximate surface area is 147 Å². The van der Waals surface area contributed by atoms with Crippen LogP contribution in [0.1, 0.15) is 32.8 Å². The molecule has 6 nitrogen and oxygen atoms in total. The summed E-state index contributed by atoms with van der Waals surface area (Å²) in [5.41, 5.74) is 0.586. The molecule has 0 amide bonds. The number of phosphoric ester groups is 1. The summed E-state index contributed by atoms with van der Waals surface area (Å²) < 4.78 is 33.2. The number of carbonyl (C=O) groups excluding carboxylic acids is 1. The van der Waals surface area contributed by atoms with Gasteiger partial charge >= 0.3 is 13.8 Å².